The van der Waals surface area contributed by atoms with Gasteiger partial charge in [0.2, 0.25) is 0 Å². The lowest BCUT2D eigenvalue weighted by atomic mass is 10.0. The van der Waals surface area contributed by atoms with E-state index in [0.717, 1.165) is 18.8 Å². The maximum absolute atomic E-state index is 5.98. The Bertz CT molecular complexity index is 295. The van der Waals surface area contributed by atoms with Crippen LogP contribution in [0.2, 0.25) is 0 Å². The Labute approximate surface area is 111 Å². The van der Waals surface area contributed by atoms with E-state index >= 15 is 0 Å². The Kier molecular flexibility index (Phi) is 7.06. The summed E-state index contributed by atoms with van der Waals surface area (Å²) in [5, 5.41) is 0. The first-order valence-corrected chi connectivity index (χ1v) is 7.09. The predicted molar refractivity (Wildman–Crippen MR) is 74.4 cm³/mol. The van der Waals surface area contributed by atoms with Crippen LogP contribution in [0.25, 0.3) is 0 Å². The largest absolute Gasteiger partial charge is 0.467 e. The number of nitrogens with two attached hydrogens (primary N) is 1. The third-order valence-corrected chi connectivity index (χ3v) is 3.36. The molecule has 104 valence electrons. The van der Waals surface area contributed by atoms with Gasteiger partial charge in [-0.3, -0.25) is 0 Å². The van der Waals surface area contributed by atoms with Gasteiger partial charge in [-0.15, -0.1) is 0 Å². The molecule has 1 heterocycles. The van der Waals surface area contributed by atoms with Crippen LogP contribution in [0.5, 0.6) is 0 Å². The van der Waals surface area contributed by atoms with Gasteiger partial charge in [-0.05, 0) is 31.4 Å². The summed E-state index contributed by atoms with van der Waals surface area (Å²) in [7, 11) is 0. The summed E-state index contributed by atoms with van der Waals surface area (Å²) >= 11 is 0. The standard InChI is InChI=1S/C15H27NO2/c1-4-6-8-13(5-2)11-18-15(12(3)16)14-9-7-10-17-14/h7,9-10,12-13,15H,4-6,8,11,16H2,1-3H3. The fraction of sp³-hybridized carbons (Fsp3) is 0.733. The molecule has 3 unspecified atom stereocenters. The van der Waals surface area contributed by atoms with Crippen molar-refractivity contribution in [2.24, 2.45) is 11.7 Å². The van der Waals surface area contributed by atoms with Crippen LogP contribution in [0.3, 0.4) is 0 Å². The van der Waals surface area contributed by atoms with Crippen LogP contribution in [-0.2, 0) is 4.74 Å². The van der Waals surface area contributed by atoms with Gasteiger partial charge in [0.25, 0.3) is 0 Å². The fourth-order valence-corrected chi connectivity index (χ4v) is 2.08. The molecule has 1 rings (SSSR count). The predicted octanol–water partition coefficient (Wildman–Crippen LogP) is 3.90. The molecule has 0 radical (unpaired) electrons. The summed E-state index contributed by atoms with van der Waals surface area (Å²) in [6.07, 6.45) is 6.44. The SMILES string of the molecule is CCCCC(CC)COC(c1ccco1)C(C)N. The van der Waals surface area contributed by atoms with Crippen molar-refractivity contribution in [2.45, 2.75) is 58.6 Å². The van der Waals surface area contributed by atoms with Gasteiger partial charge in [0.1, 0.15) is 11.9 Å². The van der Waals surface area contributed by atoms with Gasteiger partial charge in [0.15, 0.2) is 0 Å². The molecule has 3 heteroatoms. The van der Waals surface area contributed by atoms with Gasteiger partial charge in [0.05, 0.1) is 12.9 Å². The van der Waals surface area contributed by atoms with Crippen molar-refractivity contribution < 1.29 is 9.15 Å². The summed E-state index contributed by atoms with van der Waals surface area (Å²) in [5.74, 6) is 1.46. The van der Waals surface area contributed by atoms with Crippen LogP contribution in [0.1, 0.15) is 58.3 Å². The Morgan fingerprint density at radius 2 is 2.17 bits per heavy atom. The quantitative estimate of drug-likeness (QED) is 0.726. The second kappa shape index (κ2) is 8.33. The number of hydrogen-bond donors (Lipinski definition) is 1. The number of unbranched alkanes of at least 4 members (excludes halogenated alkanes) is 1. The molecule has 1 aromatic rings. The number of hydrogen-bond acceptors (Lipinski definition) is 3. The maximum Gasteiger partial charge on any atom is 0.134 e. The van der Waals surface area contributed by atoms with E-state index in [0.29, 0.717) is 5.92 Å². The number of rotatable bonds is 9. The molecule has 0 aromatic carbocycles. The van der Waals surface area contributed by atoms with Gasteiger partial charge in [-0.2, -0.15) is 0 Å². The molecule has 0 saturated carbocycles. The van der Waals surface area contributed by atoms with E-state index in [-0.39, 0.29) is 12.1 Å². The fourth-order valence-electron chi connectivity index (χ4n) is 2.08. The molecular formula is C15H27NO2. The molecule has 0 saturated heterocycles. The third kappa shape index (κ3) is 4.83. The molecule has 0 amide bonds. The van der Waals surface area contributed by atoms with E-state index in [1.54, 1.807) is 6.26 Å². The Morgan fingerprint density at radius 3 is 2.67 bits per heavy atom. The molecule has 3 nitrogen and oxygen atoms in total. The zero-order valence-corrected chi connectivity index (χ0v) is 11.9. The highest BCUT2D eigenvalue weighted by Gasteiger charge is 2.21. The minimum Gasteiger partial charge on any atom is -0.467 e. The van der Waals surface area contributed by atoms with E-state index in [1.807, 2.05) is 19.1 Å². The van der Waals surface area contributed by atoms with E-state index in [9.17, 15) is 0 Å². The molecule has 3 atom stereocenters. The summed E-state index contributed by atoms with van der Waals surface area (Å²) in [6.45, 7) is 7.17. The van der Waals surface area contributed by atoms with Gasteiger partial charge in [-0.1, -0.05) is 33.1 Å². The first kappa shape index (κ1) is 15.3. The van der Waals surface area contributed by atoms with E-state index in [1.165, 1.54) is 19.3 Å². The lowest BCUT2D eigenvalue weighted by Gasteiger charge is -2.22. The van der Waals surface area contributed by atoms with Gasteiger partial charge < -0.3 is 14.9 Å². The second-order valence-electron chi connectivity index (χ2n) is 5.04. The van der Waals surface area contributed by atoms with Crippen molar-refractivity contribution >= 4 is 0 Å². The van der Waals surface area contributed by atoms with Crippen LogP contribution < -0.4 is 5.73 Å². The van der Waals surface area contributed by atoms with Crippen molar-refractivity contribution in [1.82, 2.24) is 0 Å². The van der Waals surface area contributed by atoms with E-state index in [4.69, 9.17) is 14.9 Å². The van der Waals surface area contributed by atoms with Crippen LogP contribution in [0.4, 0.5) is 0 Å². The van der Waals surface area contributed by atoms with Crippen molar-refractivity contribution in [2.75, 3.05) is 6.61 Å². The Morgan fingerprint density at radius 1 is 1.39 bits per heavy atom. The molecule has 0 aliphatic rings. The van der Waals surface area contributed by atoms with Crippen LogP contribution in [0, 0.1) is 5.92 Å². The van der Waals surface area contributed by atoms with Crippen molar-refractivity contribution in [1.29, 1.82) is 0 Å². The Hall–Kier alpha value is -0.800. The van der Waals surface area contributed by atoms with Crippen LogP contribution in [0.15, 0.2) is 22.8 Å². The number of ether oxygens (including phenoxy) is 1. The minimum absolute atomic E-state index is 0.0557. The molecule has 0 fully saturated rings. The lowest BCUT2D eigenvalue weighted by Crippen LogP contribution is -2.28. The average molecular weight is 253 g/mol. The minimum atomic E-state index is -0.129. The summed E-state index contributed by atoms with van der Waals surface area (Å²) in [4.78, 5) is 0. The lowest BCUT2D eigenvalue weighted by molar-refractivity contribution is 0.000586. The molecule has 0 bridgehead atoms. The molecule has 0 spiro atoms. The summed E-state index contributed by atoms with van der Waals surface area (Å²) in [5.41, 5.74) is 5.97. The Balaban J connectivity index is 2.46. The molecular weight excluding hydrogens is 226 g/mol. The topological polar surface area (TPSA) is 48.4 Å². The van der Waals surface area contributed by atoms with Crippen LogP contribution >= 0.6 is 0 Å². The monoisotopic (exact) mass is 253 g/mol. The highest BCUT2D eigenvalue weighted by molar-refractivity contribution is 5.04. The smallest absolute Gasteiger partial charge is 0.134 e. The van der Waals surface area contributed by atoms with Crippen LogP contribution in [-0.4, -0.2) is 12.6 Å². The van der Waals surface area contributed by atoms with Gasteiger partial charge in [-0.25, -0.2) is 0 Å². The van der Waals surface area contributed by atoms with E-state index in [2.05, 4.69) is 13.8 Å². The van der Waals surface area contributed by atoms with Gasteiger partial charge in [0, 0.05) is 6.04 Å². The van der Waals surface area contributed by atoms with Gasteiger partial charge >= 0.3 is 0 Å². The first-order valence-electron chi connectivity index (χ1n) is 7.09. The second-order valence-corrected chi connectivity index (χ2v) is 5.04. The number of furan rings is 1. The highest BCUT2D eigenvalue weighted by atomic mass is 16.5. The van der Waals surface area contributed by atoms with E-state index < -0.39 is 0 Å². The molecule has 18 heavy (non-hydrogen) atoms. The van der Waals surface area contributed by atoms with Crippen molar-refractivity contribution in [3.8, 4) is 0 Å². The molecule has 0 aliphatic carbocycles. The maximum atomic E-state index is 5.98. The summed E-state index contributed by atoms with van der Waals surface area (Å²) in [6, 6.07) is 3.75. The molecule has 0 aliphatic heterocycles. The molecule has 2 N–H and O–H groups in total. The zero-order valence-electron chi connectivity index (χ0n) is 11.9. The normalized spacial score (nSPS) is 16.4. The zero-order chi connectivity index (χ0) is 13.4. The molecule has 1 aromatic heterocycles. The average Bonchev–Trinajstić information content (AvgIpc) is 2.86. The summed E-state index contributed by atoms with van der Waals surface area (Å²) < 4.78 is 11.4. The van der Waals surface area contributed by atoms with Crippen molar-refractivity contribution in [3.63, 3.8) is 0 Å². The third-order valence-electron chi connectivity index (χ3n) is 3.36. The highest BCUT2D eigenvalue weighted by Crippen LogP contribution is 2.23. The van der Waals surface area contributed by atoms with Crippen molar-refractivity contribution in [3.05, 3.63) is 24.2 Å². The first-order chi connectivity index (χ1) is 8.69.